The lowest BCUT2D eigenvalue weighted by atomic mass is 9.68. The first-order chi connectivity index (χ1) is 4.77. The highest BCUT2D eigenvalue weighted by molar-refractivity contribution is 4.95. The van der Waals surface area contributed by atoms with Gasteiger partial charge in [-0.2, -0.15) is 0 Å². The lowest BCUT2D eigenvalue weighted by Gasteiger charge is -2.46. The second-order valence-corrected chi connectivity index (χ2v) is 3.37. The van der Waals surface area contributed by atoms with Crippen molar-refractivity contribution in [3.05, 3.63) is 0 Å². The number of rotatable bonds is 1. The van der Waals surface area contributed by atoms with E-state index in [2.05, 4.69) is 5.32 Å². The van der Waals surface area contributed by atoms with E-state index in [4.69, 9.17) is 0 Å². The van der Waals surface area contributed by atoms with E-state index in [0.29, 0.717) is 5.92 Å². The fraction of sp³-hybridized carbons (Fsp3) is 1.00. The zero-order valence-corrected chi connectivity index (χ0v) is 5.69. The molecule has 1 atom stereocenters. The molecule has 3 heteroatoms. The topological polar surface area (TPSA) is 12.0 Å². The summed E-state index contributed by atoms with van der Waals surface area (Å²) in [6.07, 6.45) is -0.101. The fourth-order valence-electron chi connectivity index (χ4n) is 2.01. The normalized spacial score (nSPS) is 45.3. The third-order valence-electron chi connectivity index (χ3n) is 2.69. The van der Waals surface area contributed by atoms with Crippen LogP contribution in [0.4, 0.5) is 8.78 Å². The predicted octanol–water partition coefficient (Wildman–Crippen LogP) is 1.25. The van der Waals surface area contributed by atoms with Gasteiger partial charge in [-0.3, -0.25) is 0 Å². The zero-order valence-electron chi connectivity index (χ0n) is 5.69. The third-order valence-corrected chi connectivity index (χ3v) is 2.69. The maximum absolute atomic E-state index is 12.1. The number of hydrogen-bond donors (Lipinski definition) is 1. The number of halogens is 2. The van der Waals surface area contributed by atoms with Crippen molar-refractivity contribution >= 4 is 0 Å². The summed E-state index contributed by atoms with van der Waals surface area (Å²) in [7, 11) is 0. The molecule has 0 aromatic heterocycles. The maximum Gasteiger partial charge on any atom is 0.253 e. The number of nitrogens with one attached hydrogen (secondary N) is 1. The molecule has 1 unspecified atom stereocenters. The van der Waals surface area contributed by atoms with Crippen molar-refractivity contribution in [1.82, 2.24) is 5.32 Å². The van der Waals surface area contributed by atoms with Gasteiger partial charge in [0.2, 0.25) is 0 Å². The van der Waals surface area contributed by atoms with Crippen molar-refractivity contribution in [3.63, 3.8) is 0 Å². The molecule has 3 fully saturated rings. The summed E-state index contributed by atoms with van der Waals surface area (Å²) in [4.78, 5) is 0. The standard InChI is InChI=1S/C7H11F2N/c8-7(9)6-5-1-4(2-5)3-10-6/h4-7,10H,1-3H2. The molecule has 1 N–H and O–H groups in total. The molecule has 2 heterocycles. The minimum atomic E-state index is -2.16. The van der Waals surface area contributed by atoms with Crippen molar-refractivity contribution in [3.8, 4) is 0 Å². The molecule has 58 valence electrons. The molecule has 1 aliphatic carbocycles. The van der Waals surface area contributed by atoms with Crippen molar-refractivity contribution in [2.75, 3.05) is 6.54 Å². The van der Waals surface area contributed by atoms with Crippen molar-refractivity contribution in [1.29, 1.82) is 0 Å². The van der Waals surface area contributed by atoms with E-state index in [0.717, 1.165) is 19.4 Å². The van der Waals surface area contributed by atoms with Gasteiger partial charge >= 0.3 is 0 Å². The Balaban J connectivity index is 1.96. The molecule has 3 rings (SSSR count). The third kappa shape index (κ3) is 0.839. The fourth-order valence-corrected chi connectivity index (χ4v) is 2.01. The highest BCUT2D eigenvalue weighted by Gasteiger charge is 2.43. The van der Waals surface area contributed by atoms with Gasteiger partial charge < -0.3 is 5.32 Å². The second-order valence-electron chi connectivity index (χ2n) is 3.37. The van der Waals surface area contributed by atoms with Gasteiger partial charge in [-0.05, 0) is 31.2 Å². The molecule has 0 amide bonds. The molecule has 0 radical (unpaired) electrons. The largest absolute Gasteiger partial charge is 0.308 e. The van der Waals surface area contributed by atoms with Crippen LogP contribution in [0.1, 0.15) is 12.8 Å². The van der Waals surface area contributed by atoms with Crippen LogP contribution >= 0.6 is 0 Å². The van der Waals surface area contributed by atoms with Crippen molar-refractivity contribution in [2.45, 2.75) is 25.3 Å². The van der Waals surface area contributed by atoms with Crippen molar-refractivity contribution in [2.24, 2.45) is 11.8 Å². The molecule has 10 heavy (non-hydrogen) atoms. The number of piperidine rings is 2. The molecular weight excluding hydrogens is 136 g/mol. The Morgan fingerprint density at radius 3 is 2.30 bits per heavy atom. The van der Waals surface area contributed by atoms with Crippen LogP contribution in [0.2, 0.25) is 0 Å². The summed E-state index contributed by atoms with van der Waals surface area (Å²) in [5.74, 6) is 0.985. The number of hydrogen-bond acceptors (Lipinski definition) is 1. The first-order valence-electron chi connectivity index (χ1n) is 3.79. The van der Waals surface area contributed by atoms with Gasteiger partial charge in [0.15, 0.2) is 0 Å². The lowest BCUT2D eigenvalue weighted by molar-refractivity contribution is -0.0122. The van der Waals surface area contributed by atoms with E-state index >= 15 is 0 Å². The Morgan fingerprint density at radius 2 is 2.00 bits per heavy atom. The van der Waals surface area contributed by atoms with Gasteiger partial charge in [0.1, 0.15) is 0 Å². The Hall–Kier alpha value is -0.180. The molecule has 0 aromatic rings. The van der Waals surface area contributed by atoms with Gasteiger partial charge in [0.05, 0.1) is 6.04 Å². The summed E-state index contributed by atoms with van der Waals surface area (Å²) in [5, 5.41) is 2.87. The molecule has 2 aliphatic heterocycles. The van der Waals surface area contributed by atoms with Crippen molar-refractivity contribution < 1.29 is 8.78 Å². The van der Waals surface area contributed by atoms with Gasteiger partial charge in [-0.25, -0.2) is 8.78 Å². The van der Waals surface area contributed by atoms with Gasteiger partial charge in [0.25, 0.3) is 6.43 Å². The van der Waals surface area contributed by atoms with E-state index < -0.39 is 12.5 Å². The van der Waals surface area contributed by atoms with E-state index in [1.165, 1.54) is 0 Å². The molecular formula is C7H11F2N. The minimum Gasteiger partial charge on any atom is -0.308 e. The van der Waals surface area contributed by atoms with Crippen LogP contribution in [0.15, 0.2) is 0 Å². The molecule has 3 aliphatic rings. The monoisotopic (exact) mass is 147 g/mol. The quantitative estimate of drug-likeness (QED) is 0.588. The Bertz CT molecular complexity index is 129. The molecule has 2 saturated heterocycles. The first-order valence-corrected chi connectivity index (χ1v) is 3.79. The number of fused-ring (bicyclic) bond motifs is 2. The van der Waals surface area contributed by atoms with Crippen LogP contribution in [-0.4, -0.2) is 19.0 Å². The second kappa shape index (κ2) is 2.16. The first kappa shape index (κ1) is 6.53. The summed E-state index contributed by atoms with van der Waals surface area (Å²) in [6, 6.07) is -0.495. The Labute approximate surface area is 58.8 Å². The van der Waals surface area contributed by atoms with E-state index in [1.54, 1.807) is 0 Å². The van der Waals surface area contributed by atoms with Crippen LogP contribution in [0.3, 0.4) is 0 Å². The summed E-state index contributed by atoms with van der Waals surface area (Å²) >= 11 is 0. The van der Waals surface area contributed by atoms with E-state index in [1.807, 2.05) is 0 Å². The zero-order chi connectivity index (χ0) is 7.14. The average Bonchev–Trinajstić information content (AvgIpc) is 1.86. The summed E-state index contributed by atoms with van der Waals surface area (Å²) in [6.45, 7) is 0.811. The van der Waals surface area contributed by atoms with Gasteiger partial charge in [-0.15, -0.1) is 0 Å². The van der Waals surface area contributed by atoms with E-state index in [-0.39, 0.29) is 5.92 Å². The number of alkyl halides is 2. The van der Waals surface area contributed by atoms with Crippen LogP contribution in [0.5, 0.6) is 0 Å². The summed E-state index contributed by atoms with van der Waals surface area (Å²) in [5.41, 5.74) is 0. The lowest BCUT2D eigenvalue weighted by Crippen LogP contribution is -2.56. The van der Waals surface area contributed by atoms with Crippen LogP contribution in [0.25, 0.3) is 0 Å². The van der Waals surface area contributed by atoms with Crippen LogP contribution in [-0.2, 0) is 0 Å². The molecule has 0 aromatic carbocycles. The molecule has 1 nitrogen and oxygen atoms in total. The Kier molecular flexibility index (Phi) is 1.41. The highest BCUT2D eigenvalue weighted by atomic mass is 19.3. The van der Waals surface area contributed by atoms with E-state index in [9.17, 15) is 8.78 Å². The highest BCUT2D eigenvalue weighted by Crippen LogP contribution is 2.40. The van der Waals surface area contributed by atoms with Gasteiger partial charge in [0, 0.05) is 0 Å². The van der Waals surface area contributed by atoms with Gasteiger partial charge in [-0.1, -0.05) is 0 Å². The summed E-state index contributed by atoms with van der Waals surface area (Å²) < 4.78 is 24.3. The molecule has 1 saturated carbocycles. The van der Waals surface area contributed by atoms with Crippen LogP contribution in [0, 0.1) is 11.8 Å². The SMILES string of the molecule is FC(F)C1NCC2CC1C2. The predicted molar refractivity (Wildman–Crippen MR) is 34.0 cm³/mol. The Morgan fingerprint density at radius 1 is 1.30 bits per heavy atom. The van der Waals surface area contributed by atoms with Crippen LogP contribution < -0.4 is 5.32 Å². The molecule has 2 bridgehead atoms. The molecule has 0 spiro atoms. The average molecular weight is 147 g/mol. The minimum absolute atomic E-state index is 0.277. The maximum atomic E-state index is 12.1. The smallest absolute Gasteiger partial charge is 0.253 e.